The van der Waals surface area contributed by atoms with Gasteiger partial charge in [-0.05, 0) is 31.3 Å². The second kappa shape index (κ2) is 6.41. The normalized spacial score (nSPS) is 18.9. The van der Waals surface area contributed by atoms with Crippen molar-refractivity contribution in [2.75, 3.05) is 20.1 Å². The third kappa shape index (κ3) is 3.33. The standard InChI is InChI=1S/C15H19N3O2S/c1-16-11-4-2-6-18(9-11)14(19)8-12-10-20-15(17-12)13-5-3-7-21-13/h3,5,7,10-11,16H,2,4,6,8-9H2,1H3. The minimum atomic E-state index is 0.126. The first-order chi connectivity index (χ1) is 10.3. The topological polar surface area (TPSA) is 58.4 Å². The molecule has 1 amide bonds. The molecule has 2 aromatic rings. The SMILES string of the molecule is CNC1CCCN(C(=O)Cc2coc(-c3cccs3)n2)C1. The third-order valence-corrected chi connectivity index (χ3v) is 4.66. The summed E-state index contributed by atoms with van der Waals surface area (Å²) in [5, 5.41) is 5.23. The lowest BCUT2D eigenvalue weighted by molar-refractivity contribution is -0.131. The van der Waals surface area contributed by atoms with Gasteiger partial charge >= 0.3 is 0 Å². The number of carbonyl (C=O) groups excluding carboxylic acids is 1. The molecule has 5 nitrogen and oxygen atoms in total. The number of hydrogen-bond acceptors (Lipinski definition) is 5. The number of nitrogens with zero attached hydrogens (tertiary/aromatic N) is 2. The molecule has 1 aliphatic heterocycles. The van der Waals surface area contributed by atoms with E-state index in [1.165, 1.54) is 0 Å². The number of amides is 1. The van der Waals surface area contributed by atoms with Crippen LogP contribution in [0.25, 0.3) is 10.8 Å². The Kier molecular flexibility index (Phi) is 4.36. The lowest BCUT2D eigenvalue weighted by Gasteiger charge is -2.32. The maximum atomic E-state index is 12.3. The van der Waals surface area contributed by atoms with Crippen molar-refractivity contribution in [2.24, 2.45) is 0 Å². The molecule has 0 bridgehead atoms. The Morgan fingerprint density at radius 3 is 3.29 bits per heavy atom. The fourth-order valence-corrected chi connectivity index (χ4v) is 3.26. The van der Waals surface area contributed by atoms with Gasteiger partial charge in [-0.3, -0.25) is 4.79 Å². The highest BCUT2D eigenvalue weighted by atomic mass is 32.1. The molecule has 3 heterocycles. The minimum absolute atomic E-state index is 0.126. The quantitative estimate of drug-likeness (QED) is 0.940. The van der Waals surface area contributed by atoms with Gasteiger partial charge in [-0.1, -0.05) is 6.07 Å². The highest BCUT2D eigenvalue weighted by Crippen LogP contribution is 2.24. The van der Waals surface area contributed by atoms with Gasteiger partial charge < -0.3 is 14.6 Å². The number of carbonyl (C=O) groups is 1. The van der Waals surface area contributed by atoms with Crippen LogP contribution < -0.4 is 5.32 Å². The summed E-state index contributed by atoms with van der Waals surface area (Å²) in [7, 11) is 1.95. The fraction of sp³-hybridized carbons (Fsp3) is 0.467. The first-order valence-electron chi connectivity index (χ1n) is 7.19. The van der Waals surface area contributed by atoms with E-state index in [1.54, 1.807) is 17.6 Å². The highest BCUT2D eigenvalue weighted by Gasteiger charge is 2.23. The van der Waals surface area contributed by atoms with E-state index in [-0.39, 0.29) is 5.91 Å². The van der Waals surface area contributed by atoms with E-state index >= 15 is 0 Å². The molecule has 6 heteroatoms. The van der Waals surface area contributed by atoms with Gasteiger partial charge in [0.15, 0.2) is 0 Å². The number of nitrogens with one attached hydrogen (secondary N) is 1. The molecular formula is C15H19N3O2S. The average Bonchev–Trinajstić information content (AvgIpc) is 3.18. The first-order valence-corrected chi connectivity index (χ1v) is 8.07. The lowest BCUT2D eigenvalue weighted by atomic mass is 10.1. The van der Waals surface area contributed by atoms with Crippen LogP contribution in [-0.4, -0.2) is 42.0 Å². The summed E-state index contributed by atoms with van der Waals surface area (Å²) in [5.74, 6) is 0.723. The molecule has 1 atom stereocenters. The van der Waals surface area contributed by atoms with Crippen LogP contribution in [0, 0.1) is 0 Å². The van der Waals surface area contributed by atoms with E-state index in [2.05, 4.69) is 10.3 Å². The number of hydrogen-bond donors (Lipinski definition) is 1. The van der Waals surface area contributed by atoms with Crippen LogP contribution in [0.3, 0.4) is 0 Å². The van der Waals surface area contributed by atoms with Gasteiger partial charge in [0.2, 0.25) is 11.8 Å². The van der Waals surface area contributed by atoms with E-state index in [4.69, 9.17) is 4.42 Å². The molecule has 1 aliphatic rings. The predicted octanol–water partition coefficient (Wildman–Crippen LogP) is 2.16. The number of rotatable bonds is 4. The summed E-state index contributed by atoms with van der Waals surface area (Å²) in [6, 6.07) is 4.33. The molecule has 112 valence electrons. The molecule has 1 fully saturated rings. The number of likely N-dealkylation sites (tertiary alicyclic amines) is 1. The average molecular weight is 305 g/mol. The molecule has 1 unspecified atom stereocenters. The molecule has 1 N–H and O–H groups in total. The van der Waals surface area contributed by atoms with Crippen LogP contribution in [-0.2, 0) is 11.2 Å². The van der Waals surface area contributed by atoms with Crippen LogP contribution >= 0.6 is 11.3 Å². The van der Waals surface area contributed by atoms with Crippen molar-refractivity contribution in [2.45, 2.75) is 25.3 Å². The van der Waals surface area contributed by atoms with Gasteiger partial charge in [-0.15, -0.1) is 11.3 Å². The van der Waals surface area contributed by atoms with Gasteiger partial charge in [0.05, 0.1) is 17.0 Å². The van der Waals surface area contributed by atoms with Crippen LogP contribution in [0.4, 0.5) is 0 Å². The van der Waals surface area contributed by atoms with Crippen molar-refractivity contribution in [3.8, 4) is 10.8 Å². The largest absolute Gasteiger partial charge is 0.444 e. The monoisotopic (exact) mass is 305 g/mol. The zero-order valence-electron chi connectivity index (χ0n) is 12.0. The molecule has 0 spiro atoms. The molecular weight excluding hydrogens is 286 g/mol. The van der Waals surface area contributed by atoms with Crippen molar-refractivity contribution in [1.82, 2.24) is 15.2 Å². The molecule has 0 aliphatic carbocycles. The Balaban J connectivity index is 1.62. The fourth-order valence-electron chi connectivity index (χ4n) is 2.61. The van der Waals surface area contributed by atoms with E-state index in [0.717, 1.165) is 30.8 Å². The van der Waals surface area contributed by atoms with Crippen LogP contribution in [0.15, 0.2) is 28.2 Å². The summed E-state index contributed by atoms with van der Waals surface area (Å²) in [4.78, 5) is 19.7. The number of piperidine rings is 1. The molecule has 0 radical (unpaired) electrons. The van der Waals surface area contributed by atoms with Crippen molar-refractivity contribution in [3.63, 3.8) is 0 Å². The molecule has 1 saturated heterocycles. The van der Waals surface area contributed by atoms with Crippen LogP contribution in [0.1, 0.15) is 18.5 Å². The third-order valence-electron chi connectivity index (χ3n) is 3.80. The van der Waals surface area contributed by atoms with Gasteiger partial charge in [0, 0.05) is 19.1 Å². The Labute approximate surface area is 128 Å². The summed E-state index contributed by atoms with van der Waals surface area (Å²) in [6.45, 7) is 1.62. The Hall–Kier alpha value is -1.66. The van der Waals surface area contributed by atoms with E-state index < -0.39 is 0 Å². The van der Waals surface area contributed by atoms with Crippen molar-refractivity contribution in [1.29, 1.82) is 0 Å². The van der Waals surface area contributed by atoms with Crippen molar-refractivity contribution < 1.29 is 9.21 Å². The molecule has 21 heavy (non-hydrogen) atoms. The first kappa shape index (κ1) is 14.3. The van der Waals surface area contributed by atoms with Crippen molar-refractivity contribution >= 4 is 17.2 Å². The Morgan fingerprint density at radius 1 is 1.62 bits per heavy atom. The van der Waals surface area contributed by atoms with Gasteiger partial charge in [-0.2, -0.15) is 0 Å². The number of oxazole rings is 1. The zero-order valence-corrected chi connectivity index (χ0v) is 12.9. The van der Waals surface area contributed by atoms with Crippen LogP contribution in [0.5, 0.6) is 0 Å². The summed E-state index contributed by atoms with van der Waals surface area (Å²) >= 11 is 1.58. The lowest BCUT2D eigenvalue weighted by Crippen LogP contribution is -2.47. The summed E-state index contributed by atoms with van der Waals surface area (Å²) < 4.78 is 5.46. The van der Waals surface area contributed by atoms with E-state index in [0.29, 0.717) is 24.0 Å². The van der Waals surface area contributed by atoms with Crippen LogP contribution in [0.2, 0.25) is 0 Å². The molecule has 0 aromatic carbocycles. The second-order valence-corrected chi connectivity index (χ2v) is 6.21. The summed E-state index contributed by atoms with van der Waals surface area (Å²) in [5.41, 5.74) is 0.704. The van der Waals surface area contributed by atoms with E-state index in [1.807, 2.05) is 29.5 Å². The maximum Gasteiger partial charge on any atom is 0.236 e. The Bertz CT molecular complexity index is 594. The number of aromatic nitrogens is 1. The van der Waals surface area contributed by atoms with Gasteiger partial charge in [-0.25, -0.2) is 4.98 Å². The second-order valence-electron chi connectivity index (χ2n) is 5.27. The van der Waals surface area contributed by atoms with Gasteiger partial charge in [0.1, 0.15) is 6.26 Å². The Morgan fingerprint density at radius 2 is 2.52 bits per heavy atom. The number of thiophene rings is 1. The van der Waals surface area contributed by atoms with Gasteiger partial charge in [0.25, 0.3) is 0 Å². The maximum absolute atomic E-state index is 12.3. The highest BCUT2D eigenvalue weighted by molar-refractivity contribution is 7.13. The van der Waals surface area contributed by atoms with E-state index in [9.17, 15) is 4.79 Å². The summed E-state index contributed by atoms with van der Waals surface area (Å²) in [6.07, 6.45) is 4.08. The number of likely N-dealkylation sites (N-methyl/N-ethyl adjacent to an activating group) is 1. The molecule has 3 rings (SSSR count). The predicted molar refractivity (Wildman–Crippen MR) is 82.2 cm³/mol. The molecule has 2 aromatic heterocycles. The minimum Gasteiger partial charge on any atom is -0.444 e. The van der Waals surface area contributed by atoms with Crippen molar-refractivity contribution in [3.05, 3.63) is 29.5 Å². The zero-order chi connectivity index (χ0) is 14.7. The smallest absolute Gasteiger partial charge is 0.236 e. The molecule has 0 saturated carbocycles.